The van der Waals surface area contributed by atoms with Crippen LogP contribution in [0.3, 0.4) is 0 Å². The molecule has 3 rings (SSSR count). The van der Waals surface area contributed by atoms with Crippen molar-refractivity contribution in [3.63, 3.8) is 0 Å². The monoisotopic (exact) mass is 316 g/mol. The van der Waals surface area contributed by atoms with Crippen LogP contribution in [0.5, 0.6) is 0 Å². The normalized spacial score (nSPS) is 11.2. The average molecular weight is 316 g/mol. The van der Waals surface area contributed by atoms with E-state index >= 15 is 0 Å². The molecule has 1 aromatic carbocycles. The Hall–Kier alpha value is -1.72. The number of nitrogens with one attached hydrogen (secondary N) is 1. The maximum atomic E-state index is 12.9. The van der Waals surface area contributed by atoms with Crippen molar-refractivity contribution in [2.45, 2.75) is 27.7 Å². The van der Waals surface area contributed by atoms with E-state index in [0.29, 0.717) is 4.77 Å². The third kappa shape index (κ3) is 2.17. The minimum atomic E-state index is -0.0377. The molecule has 0 aliphatic carbocycles. The zero-order valence-electron chi connectivity index (χ0n) is 12.4. The molecule has 3 aromatic rings. The second-order valence-corrected chi connectivity index (χ2v) is 6.96. The molecule has 0 bridgehead atoms. The molecule has 0 spiro atoms. The van der Waals surface area contributed by atoms with Crippen LogP contribution >= 0.6 is 23.6 Å². The number of rotatable bonds is 1. The summed E-state index contributed by atoms with van der Waals surface area (Å²) in [6.07, 6.45) is 0. The lowest BCUT2D eigenvalue weighted by Crippen LogP contribution is -2.21. The van der Waals surface area contributed by atoms with Crippen molar-refractivity contribution in [1.82, 2.24) is 9.55 Å². The third-order valence-electron chi connectivity index (χ3n) is 3.83. The van der Waals surface area contributed by atoms with E-state index in [4.69, 9.17) is 12.2 Å². The highest BCUT2D eigenvalue weighted by molar-refractivity contribution is 7.71. The lowest BCUT2D eigenvalue weighted by atomic mass is 10.1. The van der Waals surface area contributed by atoms with Crippen LogP contribution in [0.15, 0.2) is 23.0 Å². The molecule has 0 radical (unpaired) electrons. The minimum Gasteiger partial charge on any atom is -0.323 e. The van der Waals surface area contributed by atoms with Gasteiger partial charge in [0.05, 0.1) is 11.1 Å². The molecule has 1 N–H and O–H groups in total. The van der Waals surface area contributed by atoms with Gasteiger partial charge in [-0.2, -0.15) is 0 Å². The Morgan fingerprint density at radius 1 is 1.19 bits per heavy atom. The van der Waals surface area contributed by atoms with Crippen molar-refractivity contribution >= 4 is 33.8 Å². The molecule has 0 atom stereocenters. The second kappa shape index (κ2) is 4.93. The van der Waals surface area contributed by atoms with Gasteiger partial charge in [-0.15, -0.1) is 11.3 Å². The Kier molecular flexibility index (Phi) is 3.34. The highest BCUT2D eigenvalue weighted by Gasteiger charge is 2.14. The molecule has 0 unspecified atom stereocenters. The summed E-state index contributed by atoms with van der Waals surface area (Å²) < 4.78 is 2.06. The number of aromatic nitrogens is 2. The van der Waals surface area contributed by atoms with Gasteiger partial charge in [0.1, 0.15) is 4.83 Å². The summed E-state index contributed by atoms with van der Waals surface area (Å²) in [5.41, 5.74) is 3.99. The van der Waals surface area contributed by atoms with Gasteiger partial charge in [-0.1, -0.05) is 12.1 Å². The first-order valence-corrected chi connectivity index (χ1v) is 7.95. The van der Waals surface area contributed by atoms with Gasteiger partial charge in [-0.05, 0) is 62.7 Å². The van der Waals surface area contributed by atoms with Crippen molar-refractivity contribution in [1.29, 1.82) is 0 Å². The summed E-state index contributed by atoms with van der Waals surface area (Å²) >= 11 is 7.00. The van der Waals surface area contributed by atoms with Crippen LogP contribution in [0, 0.1) is 32.5 Å². The van der Waals surface area contributed by atoms with Crippen LogP contribution < -0.4 is 5.56 Å². The third-order valence-corrected chi connectivity index (χ3v) is 5.24. The molecule has 0 saturated carbocycles. The second-order valence-electron chi connectivity index (χ2n) is 5.35. The first-order chi connectivity index (χ1) is 9.90. The van der Waals surface area contributed by atoms with E-state index in [0.717, 1.165) is 37.5 Å². The molecule has 0 aliphatic rings. The van der Waals surface area contributed by atoms with Crippen LogP contribution in [0.2, 0.25) is 0 Å². The van der Waals surface area contributed by atoms with Gasteiger partial charge >= 0.3 is 0 Å². The number of hydrogen-bond donors (Lipinski definition) is 1. The SMILES string of the molecule is Cc1ccc(C)c(-n2c(=S)[nH]c3sc(C)c(C)c3c2=O)c1. The van der Waals surface area contributed by atoms with Crippen molar-refractivity contribution in [2.24, 2.45) is 0 Å². The number of benzene rings is 1. The first kappa shape index (κ1) is 14.2. The van der Waals surface area contributed by atoms with Gasteiger partial charge < -0.3 is 4.98 Å². The number of H-pyrrole nitrogens is 1. The Morgan fingerprint density at radius 3 is 2.62 bits per heavy atom. The number of hydrogen-bond acceptors (Lipinski definition) is 3. The van der Waals surface area contributed by atoms with Crippen molar-refractivity contribution in [3.05, 3.63) is 54.9 Å². The Balaban J connectivity index is 2.49. The van der Waals surface area contributed by atoms with E-state index in [2.05, 4.69) is 4.98 Å². The molecule has 0 aliphatic heterocycles. The fourth-order valence-electron chi connectivity index (χ4n) is 2.51. The van der Waals surface area contributed by atoms with E-state index in [1.54, 1.807) is 15.9 Å². The predicted octanol–water partition coefficient (Wildman–Crippen LogP) is 4.34. The molecule has 108 valence electrons. The lowest BCUT2D eigenvalue weighted by molar-refractivity contribution is 0.930. The summed E-state index contributed by atoms with van der Waals surface area (Å²) in [6.45, 7) is 8.02. The summed E-state index contributed by atoms with van der Waals surface area (Å²) in [5.74, 6) is 0. The fourth-order valence-corrected chi connectivity index (χ4v) is 3.91. The van der Waals surface area contributed by atoms with Crippen LogP contribution in [0.25, 0.3) is 15.9 Å². The maximum absolute atomic E-state index is 12.9. The number of nitrogens with zero attached hydrogens (tertiary/aromatic N) is 1. The van der Waals surface area contributed by atoms with Crippen LogP contribution in [-0.2, 0) is 0 Å². The van der Waals surface area contributed by atoms with Gasteiger partial charge in [-0.3, -0.25) is 9.36 Å². The van der Waals surface area contributed by atoms with E-state index in [-0.39, 0.29) is 5.56 Å². The average Bonchev–Trinajstić information content (AvgIpc) is 2.69. The number of aromatic amines is 1. The highest BCUT2D eigenvalue weighted by atomic mass is 32.1. The van der Waals surface area contributed by atoms with Crippen molar-refractivity contribution < 1.29 is 0 Å². The first-order valence-electron chi connectivity index (χ1n) is 6.73. The number of thiophene rings is 1. The summed E-state index contributed by atoms with van der Waals surface area (Å²) in [4.78, 5) is 18.1. The Morgan fingerprint density at radius 2 is 1.90 bits per heavy atom. The molecule has 0 fully saturated rings. The lowest BCUT2D eigenvalue weighted by Gasteiger charge is -2.11. The van der Waals surface area contributed by atoms with Crippen molar-refractivity contribution in [2.75, 3.05) is 0 Å². The fraction of sp³-hybridized carbons (Fsp3) is 0.250. The minimum absolute atomic E-state index is 0.0377. The Bertz CT molecular complexity index is 976. The molecule has 2 heterocycles. The van der Waals surface area contributed by atoms with Crippen LogP contribution in [0.4, 0.5) is 0 Å². The highest BCUT2D eigenvalue weighted by Crippen LogP contribution is 2.26. The number of fused-ring (bicyclic) bond motifs is 1. The summed E-state index contributed by atoms with van der Waals surface area (Å²) in [7, 11) is 0. The zero-order valence-corrected chi connectivity index (χ0v) is 14.0. The molecule has 0 amide bonds. The predicted molar refractivity (Wildman–Crippen MR) is 91.6 cm³/mol. The molecule has 5 heteroatoms. The molecular formula is C16H16N2OS2. The number of aryl methyl sites for hydroxylation is 4. The quantitative estimate of drug-likeness (QED) is 0.678. The Labute approximate surface area is 131 Å². The standard InChI is InChI=1S/C16H16N2OS2/c1-8-5-6-9(2)12(7-8)18-15(19)13-10(3)11(4)21-14(13)17-16(18)20/h5-7H,1-4H3,(H,17,20). The zero-order chi connectivity index (χ0) is 15.3. The smallest absolute Gasteiger partial charge is 0.267 e. The van der Waals surface area contributed by atoms with E-state index in [1.807, 2.05) is 45.9 Å². The molecule has 0 saturated heterocycles. The molecule has 3 nitrogen and oxygen atoms in total. The molecular weight excluding hydrogens is 300 g/mol. The summed E-state index contributed by atoms with van der Waals surface area (Å²) in [6, 6.07) is 6.05. The molecule has 21 heavy (non-hydrogen) atoms. The van der Waals surface area contributed by atoms with Crippen LogP contribution in [-0.4, -0.2) is 9.55 Å². The van der Waals surface area contributed by atoms with Gasteiger partial charge in [0.15, 0.2) is 4.77 Å². The topological polar surface area (TPSA) is 37.8 Å². The van der Waals surface area contributed by atoms with E-state index < -0.39 is 0 Å². The van der Waals surface area contributed by atoms with E-state index in [1.165, 1.54) is 0 Å². The van der Waals surface area contributed by atoms with Gasteiger partial charge in [0, 0.05) is 4.88 Å². The van der Waals surface area contributed by atoms with Crippen LogP contribution in [0.1, 0.15) is 21.6 Å². The maximum Gasteiger partial charge on any atom is 0.267 e. The van der Waals surface area contributed by atoms with Gasteiger partial charge in [-0.25, -0.2) is 0 Å². The van der Waals surface area contributed by atoms with E-state index in [9.17, 15) is 4.79 Å². The van der Waals surface area contributed by atoms with Crippen molar-refractivity contribution in [3.8, 4) is 5.69 Å². The summed E-state index contributed by atoms with van der Waals surface area (Å²) in [5, 5.41) is 0.743. The molecule has 2 aromatic heterocycles. The van der Waals surface area contributed by atoms with Gasteiger partial charge in [0.2, 0.25) is 0 Å². The largest absolute Gasteiger partial charge is 0.323 e. The van der Waals surface area contributed by atoms with Gasteiger partial charge in [0.25, 0.3) is 5.56 Å².